The lowest BCUT2D eigenvalue weighted by Crippen LogP contribution is -2.43. The van der Waals surface area contributed by atoms with Gasteiger partial charge in [0.1, 0.15) is 35.6 Å². The standard InChI is InChI=1S/C41H37F4N7O2/c1-4-29-33-25(17-24(2)34(29)44)9-7-11-30(33)36-35(45)37-31(20-47-36)38(49-40(48-37)54-23-41-13-8-15-52(41)21-26(42)19-41)50(3)28-12-16-51(22-28)39(53)32(43)18-27-10-5-6-14-46-27/h1,5-7,9-11,14,17-18,20,26,28H,8,12-13,15-16,19,21-23H2,2-3H3/b32-18-/t26-,28-,41+/m1/s1. The Labute approximate surface area is 309 Å². The number of aromatic nitrogens is 4. The van der Waals surface area contributed by atoms with Gasteiger partial charge in [-0.25, -0.2) is 17.6 Å². The molecule has 3 fully saturated rings. The van der Waals surface area contributed by atoms with Crippen LogP contribution in [0.1, 0.15) is 42.5 Å². The smallest absolute Gasteiger partial charge is 0.319 e. The minimum absolute atomic E-state index is 0.00350. The van der Waals surface area contributed by atoms with Gasteiger partial charge in [0.05, 0.1) is 22.2 Å². The number of aryl methyl sites for hydroxylation is 1. The Balaban J connectivity index is 1.18. The molecule has 0 saturated carbocycles. The molecule has 2 aromatic carbocycles. The predicted octanol–water partition coefficient (Wildman–Crippen LogP) is 6.81. The van der Waals surface area contributed by atoms with E-state index >= 15 is 13.2 Å². The fourth-order valence-electron chi connectivity index (χ4n) is 8.32. The summed E-state index contributed by atoms with van der Waals surface area (Å²) in [5, 5.41) is 1.24. The van der Waals surface area contributed by atoms with Crippen LogP contribution in [0.15, 0.2) is 60.7 Å². The highest BCUT2D eigenvalue weighted by atomic mass is 19.1. The first kappa shape index (κ1) is 35.4. The van der Waals surface area contributed by atoms with Gasteiger partial charge in [0.2, 0.25) is 0 Å². The van der Waals surface area contributed by atoms with Crippen LogP contribution >= 0.6 is 0 Å². The second-order valence-electron chi connectivity index (χ2n) is 14.4. The largest absolute Gasteiger partial charge is 0.461 e. The van der Waals surface area contributed by atoms with E-state index in [2.05, 4.69) is 25.8 Å². The zero-order valence-electron chi connectivity index (χ0n) is 29.8. The number of hydrogen-bond acceptors (Lipinski definition) is 8. The summed E-state index contributed by atoms with van der Waals surface area (Å²) in [7, 11) is 1.76. The molecule has 0 radical (unpaired) electrons. The Bertz CT molecular complexity index is 2370. The van der Waals surface area contributed by atoms with E-state index in [4.69, 9.17) is 16.1 Å². The Kier molecular flexibility index (Phi) is 9.17. The number of pyridine rings is 2. The van der Waals surface area contributed by atoms with Crippen molar-refractivity contribution in [1.82, 2.24) is 29.7 Å². The number of carbonyl (C=O) groups is 1. The van der Waals surface area contributed by atoms with E-state index < -0.39 is 35.1 Å². The molecule has 0 spiro atoms. The lowest BCUT2D eigenvalue weighted by atomic mass is 9.94. The minimum atomic E-state index is -0.974. The maximum absolute atomic E-state index is 17.0. The number of ether oxygens (including phenoxy) is 1. The molecular weight excluding hydrogens is 698 g/mol. The zero-order chi connectivity index (χ0) is 37.7. The van der Waals surface area contributed by atoms with Gasteiger partial charge < -0.3 is 14.5 Å². The van der Waals surface area contributed by atoms with E-state index in [0.29, 0.717) is 47.0 Å². The number of likely N-dealkylation sites (N-methyl/N-ethyl adjacent to an activating group) is 1. The fraction of sp³-hybridized carbons (Fsp3) is 0.341. The molecule has 3 atom stereocenters. The van der Waals surface area contributed by atoms with Crippen LogP contribution in [-0.4, -0.2) is 93.2 Å². The van der Waals surface area contributed by atoms with Crippen LogP contribution in [-0.2, 0) is 4.79 Å². The quantitative estimate of drug-likeness (QED) is 0.0977. The highest BCUT2D eigenvalue weighted by molar-refractivity contribution is 6.02. The first-order valence-electron chi connectivity index (χ1n) is 17.9. The molecule has 0 aliphatic carbocycles. The minimum Gasteiger partial charge on any atom is -0.461 e. The van der Waals surface area contributed by atoms with E-state index in [1.165, 1.54) is 17.3 Å². The first-order valence-corrected chi connectivity index (χ1v) is 17.9. The third-order valence-electron chi connectivity index (χ3n) is 11.1. The molecule has 6 heterocycles. The van der Waals surface area contributed by atoms with Gasteiger partial charge in [0.25, 0.3) is 5.91 Å². The topological polar surface area (TPSA) is 87.6 Å². The number of anilines is 1. The number of benzene rings is 2. The molecule has 13 heteroatoms. The number of terminal acetylenes is 1. The average Bonchev–Trinajstić information content (AvgIpc) is 3.89. The molecule has 3 aliphatic heterocycles. The molecule has 54 heavy (non-hydrogen) atoms. The van der Waals surface area contributed by atoms with Gasteiger partial charge in [-0.1, -0.05) is 30.2 Å². The summed E-state index contributed by atoms with van der Waals surface area (Å²) in [6.45, 7) is 3.27. The van der Waals surface area contributed by atoms with Crippen molar-refractivity contribution in [1.29, 1.82) is 0 Å². The normalized spacial score (nSPS) is 21.5. The number of amides is 1. The SMILES string of the molecule is C#Cc1c(F)c(C)cc2cccc(-c3ncc4c(N(C)[C@@H]5CCN(C(=O)/C(F)=C/c6ccccn6)C5)nc(OC[C@@]56CCCN5C[C@H](F)C6)nc4c3F)c12. The van der Waals surface area contributed by atoms with Crippen molar-refractivity contribution in [2.24, 2.45) is 0 Å². The van der Waals surface area contributed by atoms with Gasteiger partial charge in [-0.15, -0.1) is 6.42 Å². The molecule has 0 bridgehead atoms. The number of nitrogens with zero attached hydrogens (tertiary/aromatic N) is 7. The summed E-state index contributed by atoms with van der Waals surface area (Å²) in [6.07, 6.45) is 11.3. The molecule has 3 saturated heterocycles. The number of halogens is 4. The third kappa shape index (κ3) is 6.18. The Morgan fingerprint density at radius 2 is 1.98 bits per heavy atom. The zero-order valence-corrected chi connectivity index (χ0v) is 29.8. The van der Waals surface area contributed by atoms with Crippen LogP contribution in [0.5, 0.6) is 6.01 Å². The molecule has 0 N–H and O–H groups in total. The molecule has 8 rings (SSSR count). The van der Waals surface area contributed by atoms with Gasteiger partial charge in [-0.3, -0.25) is 19.7 Å². The van der Waals surface area contributed by atoms with E-state index in [-0.39, 0.29) is 59.7 Å². The van der Waals surface area contributed by atoms with Gasteiger partial charge in [-0.05, 0) is 61.9 Å². The molecule has 0 unspecified atom stereocenters. The maximum atomic E-state index is 17.0. The molecule has 276 valence electrons. The molecule has 5 aromatic rings. The highest BCUT2D eigenvalue weighted by Crippen LogP contribution is 2.41. The lowest BCUT2D eigenvalue weighted by molar-refractivity contribution is -0.127. The van der Waals surface area contributed by atoms with Crippen LogP contribution in [0.3, 0.4) is 0 Å². The van der Waals surface area contributed by atoms with Gasteiger partial charge >= 0.3 is 6.01 Å². The maximum Gasteiger partial charge on any atom is 0.319 e. The summed E-state index contributed by atoms with van der Waals surface area (Å²) < 4.78 is 68.2. The van der Waals surface area contributed by atoms with Gasteiger partial charge in [0.15, 0.2) is 11.6 Å². The molecule has 9 nitrogen and oxygen atoms in total. The number of carbonyl (C=O) groups excluding carboxylic acids is 1. The third-order valence-corrected chi connectivity index (χ3v) is 11.1. The highest BCUT2D eigenvalue weighted by Gasteiger charge is 2.49. The number of fused-ring (bicyclic) bond motifs is 3. The van der Waals surface area contributed by atoms with Crippen molar-refractivity contribution >= 4 is 39.5 Å². The van der Waals surface area contributed by atoms with Gasteiger partial charge in [-0.2, -0.15) is 9.97 Å². The van der Waals surface area contributed by atoms with Crippen molar-refractivity contribution < 1.29 is 27.1 Å². The van der Waals surface area contributed by atoms with Crippen LogP contribution in [0.2, 0.25) is 0 Å². The van der Waals surface area contributed by atoms with Crippen molar-refractivity contribution in [3.63, 3.8) is 0 Å². The molecular formula is C41H37F4N7O2. The summed E-state index contributed by atoms with van der Waals surface area (Å²) in [4.78, 5) is 36.3. The predicted molar refractivity (Wildman–Crippen MR) is 198 cm³/mol. The summed E-state index contributed by atoms with van der Waals surface area (Å²) in [6, 6.07) is 11.4. The Morgan fingerprint density at radius 1 is 1.13 bits per heavy atom. The number of rotatable bonds is 8. The van der Waals surface area contributed by atoms with Crippen LogP contribution in [0, 0.1) is 30.9 Å². The Morgan fingerprint density at radius 3 is 2.78 bits per heavy atom. The van der Waals surface area contributed by atoms with Crippen LogP contribution < -0.4 is 9.64 Å². The second-order valence-corrected chi connectivity index (χ2v) is 14.4. The lowest BCUT2D eigenvalue weighted by Gasteiger charge is -2.31. The monoisotopic (exact) mass is 735 g/mol. The number of hydrogen-bond donors (Lipinski definition) is 0. The Hall–Kier alpha value is -5.61. The number of alkyl halides is 1. The van der Waals surface area contributed by atoms with Crippen molar-refractivity contribution in [3.8, 4) is 29.6 Å². The van der Waals surface area contributed by atoms with Crippen molar-refractivity contribution in [3.05, 3.63) is 89.1 Å². The summed E-state index contributed by atoms with van der Waals surface area (Å²) >= 11 is 0. The fourth-order valence-corrected chi connectivity index (χ4v) is 8.32. The number of likely N-dealkylation sites (tertiary alicyclic amines) is 1. The van der Waals surface area contributed by atoms with Crippen LogP contribution in [0.4, 0.5) is 23.4 Å². The summed E-state index contributed by atoms with van der Waals surface area (Å²) in [5.74, 6) is -0.328. The van der Waals surface area contributed by atoms with Crippen molar-refractivity contribution in [2.75, 3.05) is 44.7 Å². The van der Waals surface area contributed by atoms with Crippen molar-refractivity contribution in [2.45, 2.75) is 50.4 Å². The van der Waals surface area contributed by atoms with Crippen LogP contribution in [0.25, 0.3) is 39.0 Å². The molecule has 3 aliphatic rings. The van der Waals surface area contributed by atoms with E-state index in [0.717, 1.165) is 25.5 Å². The van der Waals surface area contributed by atoms with E-state index in [1.54, 1.807) is 61.3 Å². The van der Waals surface area contributed by atoms with Gasteiger partial charge in [0, 0.05) is 68.6 Å². The molecule has 3 aromatic heterocycles. The molecule has 1 amide bonds. The first-order chi connectivity index (χ1) is 26.1. The average molecular weight is 736 g/mol. The van der Waals surface area contributed by atoms with E-state index in [9.17, 15) is 9.18 Å². The second kappa shape index (κ2) is 14.0. The van der Waals surface area contributed by atoms with E-state index in [1.807, 2.05) is 0 Å². The summed E-state index contributed by atoms with van der Waals surface area (Å²) in [5.41, 5.74) is 0.290.